The number of amides is 1. The molecule has 9 nitrogen and oxygen atoms in total. The molecule has 2 aliphatic rings. The van der Waals surface area contributed by atoms with Crippen molar-refractivity contribution in [2.24, 2.45) is 0 Å². The number of carbonyl (C=O) groups excluding carboxylic acids is 1. The van der Waals surface area contributed by atoms with Gasteiger partial charge in [-0.3, -0.25) is 9.69 Å². The maximum atomic E-state index is 13.6. The Morgan fingerprint density at radius 3 is 2.41 bits per heavy atom. The Bertz CT molecular complexity index is 1260. The largest absolute Gasteiger partial charge is 0.325 e. The van der Waals surface area contributed by atoms with Crippen LogP contribution in [0, 0.1) is 6.92 Å². The second-order valence-corrected chi connectivity index (χ2v) is 10.7. The highest BCUT2D eigenvalue weighted by Crippen LogP contribution is 2.35. The molecule has 34 heavy (non-hydrogen) atoms. The Labute approximate surface area is 198 Å². The summed E-state index contributed by atoms with van der Waals surface area (Å²) in [5.41, 5.74) is 3.04. The van der Waals surface area contributed by atoms with E-state index in [0.29, 0.717) is 25.2 Å². The summed E-state index contributed by atoms with van der Waals surface area (Å²) >= 11 is 0. The van der Waals surface area contributed by atoms with Gasteiger partial charge in [0.15, 0.2) is 0 Å². The second-order valence-electron chi connectivity index (χ2n) is 8.96. The van der Waals surface area contributed by atoms with Crippen molar-refractivity contribution in [3.8, 4) is 0 Å². The van der Waals surface area contributed by atoms with E-state index in [4.69, 9.17) is 4.63 Å². The number of fused-ring (bicyclic) bond motifs is 2. The molecule has 10 heteroatoms. The summed E-state index contributed by atoms with van der Waals surface area (Å²) in [7, 11) is -3.87. The highest BCUT2D eigenvalue weighted by molar-refractivity contribution is 7.89. The van der Waals surface area contributed by atoms with E-state index in [1.54, 1.807) is 4.31 Å². The number of nitrogens with zero attached hydrogens (tertiary/aromatic N) is 4. The molecule has 3 aromatic rings. The predicted octanol–water partition coefficient (Wildman–Crippen LogP) is 2.44. The summed E-state index contributed by atoms with van der Waals surface area (Å²) < 4.78 is 33.6. The summed E-state index contributed by atoms with van der Waals surface area (Å²) in [6, 6.07) is 16.7. The van der Waals surface area contributed by atoms with Crippen LogP contribution in [0.5, 0.6) is 0 Å². The van der Waals surface area contributed by atoms with Crippen molar-refractivity contribution in [3.05, 3.63) is 71.4 Å². The summed E-state index contributed by atoms with van der Waals surface area (Å²) in [5.74, 6) is -0.101. The van der Waals surface area contributed by atoms with Gasteiger partial charge in [0.25, 0.3) is 10.0 Å². The van der Waals surface area contributed by atoms with Crippen molar-refractivity contribution < 1.29 is 17.8 Å². The molecule has 1 aromatic heterocycles. The SMILES string of the molecule is Cc1ccccc1NC(=O)CN1CC2CCC(C1)N2S(=O)(=O)c1nonc1Cc1ccccc1. The van der Waals surface area contributed by atoms with Gasteiger partial charge in [-0.1, -0.05) is 53.7 Å². The molecule has 2 aliphatic heterocycles. The van der Waals surface area contributed by atoms with Crippen LogP contribution in [0.2, 0.25) is 0 Å². The molecule has 3 heterocycles. The van der Waals surface area contributed by atoms with Gasteiger partial charge in [0, 0.05) is 37.3 Å². The third-order valence-electron chi connectivity index (χ3n) is 6.54. The molecule has 178 valence electrons. The van der Waals surface area contributed by atoms with E-state index in [0.717, 1.165) is 29.7 Å². The number of hydrogen-bond donors (Lipinski definition) is 1. The normalized spacial score (nSPS) is 21.0. The average Bonchev–Trinajstić information content (AvgIpc) is 3.39. The molecule has 1 N–H and O–H groups in total. The minimum absolute atomic E-state index is 0.101. The van der Waals surface area contributed by atoms with Crippen molar-refractivity contribution in [1.82, 2.24) is 19.5 Å². The van der Waals surface area contributed by atoms with Gasteiger partial charge in [-0.25, -0.2) is 13.0 Å². The quantitative estimate of drug-likeness (QED) is 0.552. The maximum Gasteiger partial charge on any atom is 0.266 e. The van der Waals surface area contributed by atoms with Gasteiger partial charge in [-0.2, -0.15) is 4.31 Å². The van der Waals surface area contributed by atoms with Crippen molar-refractivity contribution in [3.63, 3.8) is 0 Å². The van der Waals surface area contributed by atoms with Crippen LogP contribution in [0.3, 0.4) is 0 Å². The molecule has 2 aromatic carbocycles. The van der Waals surface area contributed by atoms with E-state index in [9.17, 15) is 13.2 Å². The lowest BCUT2D eigenvalue weighted by Gasteiger charge is -2.39. The Morgan fingerprint density at radius 1 is 1.03 bits per heavy atom. The maximum absolute atomic E-state index is 13.6. The number of aromatic nitrogens is 2. The molecule has 2 bridgehead atoms. The van der Waals surface area contributed by atoms with Gasteiger partial charge >= 0.3 is 0 Å². The van der Waals surface area contributed by atoms with E-state index in [2.05, 4.69) is 15.6 Å². The van der Waals surface area contributed by atoms with Crippen LogP contribution in [-0.2, 0) is 21.2 Å². The topological polar surface area (TPSA) is 109 Å². The lowest BCUT2D eigenvalue weighted by molar-refractivity contribution is -0.117. The molecule has 0 spiro atoms. The number of benzene rings is 2. The van der Waals surface area contributed by atoms with Gasteiger partial charge < -0.3 is 5.32 Å². The molecule has 0 aliphatic carbocycles. The zero-order valence-electron chi connectivity index (χ0n) is 18.9. The highest BCUT2D eigenvalue weighted by Gasteiger charge is 2.48. The third kappa shape index (κ3) is 4.48. The lowest BCUT2D eigenvalue weighted by atomic mass is 10.1. The molecule has 5 rings (SSSR count). The number of anilines is 1. The van der Waals surface area contributed by atoms with E-state index in [-0.39, 0.29) is 29.6 Å². The summed E-state index contributed by atoms with van der Waals surface area (Å²) in [4.78, 5) is 14.7. The average molecular weight is 482 g/mol. The Morgan fingerprint density at radius 2 is 1.71 bits per heavy atom. The van der Waals surface area contributed by atoms with Crippen LogP contribution in [0.25, 0.3) is 0 Å². The molecule has 2 saturated heterocycles. The van der Waals surface area contributed by atoms with Gasteiger partial charge in [-0.15, -0.1) is 0 Å². The van der Waals surface area contributed by atoms with Crippen LogP contribution >= 0.6 is 0 Å². The number of nitrogens with one attached hydrogen (secondary N) is 1. The third-order valence-corrected chi connectivity index (χ3v) is 8.49. The first-order chi connectivity index (χ1) is 16.4. The number of para-hydroxylation sites is 1. The zero-order chi connectivity index (χ0) is 23.7. The number of piperazine rings is 1. The first-order valence-electron chi connectivity index (χ1n) is 11.4. The molecule has 0 saturated carbocycles. The van der Waals surface area contributed by atoms with Crippen molar-refractivity contribution in [1.29, 1.82) is 0 Å². The molecular weight excluding hydrogens is 454 g/mol. The number of carbonyl (C=O) groups is 1. The molecular formula is C24H27N5O4S. The number of sulfonamides is 1. The Hall–Kier alpha value is -3.08. The van der Waals surface area contributed by atoms with Crippen molar-refractivity contribution >= 4 is 21.6 Å². The minimum atomic E-state index is -3.87. The van der Waals surface area contributed by atoms with Crippen LogP contribution in [0.4, 0.5) is 5.69 Å². The smallest absolute Gasteiger partial charge is 0.266 e. The highest BCUT2D eigenvalue weighted by atomic mass is 32.2. The van der Waals surface area contributed by atoms with Crippen LogP contribution in [0.1, 0.15) is 29.7 Å². The van der Waals surface area contributed by atoms with Gasteiger partial charge in [0.2, 0.25) is 10.9 Å². The monoisotopic (exact) mass is 481 g/mol. The summed E-state index contributed by atoms with van der Waals surface area (Å²) in [6.07, 6.45) is 1.82. The molecule has 2 atom stereocenters. The van der Waals surface area contributed by atoms with E-state index < -0.39 is 10.0 Å². The standard InChI is InChI=1S/C24H27N5O4S/c1-17-7-5-6-10-21(17)25-23(30)16-28-14-19-11-12-20(15-28)29(19)34(31,32)24-22(26-33-27-24)13-18-8-3-2-4-9-18/h2-10,19-20H,11-16H2,1H3,(H,25,30). The summed E-state index contributed by atoms with van der Waals surface area (Å²) in [5, 5.41) is 10.5. The number of hydrogen-bond acceptors (Lipinski definition) is 7. The van der Waals surface area contributed by atoms with Crippen molar-refractivity contribution in [2.75, 3.05) is 25.0 Å². The predicted molar refractivity (Wildman–Crippen MR) is 126 cm³/mol. The fraction of sp³-hybridized carbons (Fsp3) is 0.375. The zero-order valence-corrected chi connectivity index (χ0v) is 19.7. The van der Waals surface area contributed by atoms with E-state index >= 15 is 0 Å². The second kappa shape index (κ2) is 9.28. The summed E-state index contributed by atoms with van der Waals surface area (Å²) in [6.45, 7) is 3.16. The van der Waals surface area contributed by atoms with E-state index in [1.165, 1.54) is 0 Å². The van der Waals surface area contributed by atoms with Crippen LogP contribution < -0.4 is 5.32 Å². The minimum Gasteiger partial charge on any atom is -0.325 e. The number of rotatable bonds is 7. The van der Waals surface area contributed by atoms with Crippen LogP contribution in [-0.4, -0.2) is 65.6 Å². The molecule has 1 amide bonds. The molecule has 2 unspecified atom stereocenters. The Kier molecular flexibility index (Phi) is 6.20. The van der Waals surface area contributed by atoms with Gasteiger partial charge in [-0.05, 0) is 42.1 Å². The number of aryl methyl sites for hydroxylation is 1. The fourth-order valence-corrected chi connectivity index (χ4v) is 6.83. The molecule has 0 radical (unpaired) electrons. The lowest BCUT2D eigenvalue weighted by Crippen LogP contribution is -2.56. The first-order valence-corrected chi connectivity index (χ1v) is 12.8. The Balaban J connectivity index is 1.28. The fourth-order valence-electron chi connectivity index (χ4n) is 4.97. The van der Waals surface area contributed by atoms with Crippen molar-refractivity contribution in [2.45, 2.75) is 43.3 Å². The number of likely N-dealkylation sites (tertiary alicyclic amines) is 1. The first kappa shape index (κ1) is 22.7. The van der Waals surface area contributed by atoms with Gasteiger partial charge in [0.1, 0.15) is 5.69 Å². The van der Waals surface area contributed by atoms with Gasteiger partial charge in [0.05, 0.1) is 6.54 Å². The van der Waals surface area contributed by atoms with E-state index in [1.807, 2.05) is 66.4 Å². The van der Waals surface area contributed by atoms with Crippen LogP contribution in [0.15, 0.2) is 64.3 Å². The molecule has 2 fully saturated rings.